The number of hydrogen-bond acceptors (Lipinski definition) is 5. The Morgan fingerprint density at radius 3 is 2.40 bits per heavy atom. The van der Waals surface area contributed by atoms with E-state index in [1.54, 1.807) is 0 Å². The van der Waals surface area contributed by atoms with Gasteiger partial charge in [-0.15, -0.1) is 0 Å². The molecule has 1 aromatic carbocycles. The summed E-state index contributed by atoms with van der Waals surface area (Å²) in [4.78, 5) is 34.8. The first kappa shape index (κ1) is 20.6. The summed E-state index contributed by atoms with van der Waals surface area (Å²) >= 11 is 1.53. The Kier molecular flexibility index (Phi) is 8.62. The number of primary amides is 1. The normalized spacial score (nSPS) is 11.3. The topological polar surface area (TPSA) is 123 Å². The first-order valence-electron chi connectivity index (χ1n) is 7.67. The van der Waals surface area contributed by atoms with Crippen molar-refractivity contribution in [2.45, 2.75) is 26.3 Å². The predicted octanol–water partition coefficient (Wildman–Crippen LogP) is 0.620. The molecule has 0 saturated carbocycles. The maximum absolute atomic E-state index is 12.0. The molecule has 1 rings (SSSR count). The van der Waals surface area contributed by atoms with Crippen LogP contribution in [0.25, 0.3) is 0 Å². The third kappa shape index (κ3) is 7.34. The van der Waals surface area contributed by atoms with E-state index < -0.39 is 23.9 Å². The highest BCUT2D eigenvalue weighted by atomic mass is 32.2. The number of carbonyl (C=O) groups excluding carboxylic acids is 3. The monoisotopic (exact) mass is 368 g/mol. The number of aryl methyl sites for hydroxylation is 2. The fourth-order valence-electron chi connectivity index (χ4n) is 2.10. The van der Waals surface area contributed by atoms with Crippen LogP contribution in [0.3, 0.4) is 0 Å². The Labute approximate surface area is 151 Å². The number of nitrogens with two attached hydrogens (primary N) is 1. The maximum atomic E-state index is 12.0. The minimum atomic E-state index is -0.815. The molecule has 0 unspecified atom stereocenters. The lowest BCUT2D eigenvalue weighted by atomic mass is 10.1. The van der Waals surface area contributed by atoms with Crippen molar-refractivity contribution in [2.24, 2.45) is 5.73 Å². The number of amides is 4. The van der Waals surface area contributed by atoms with Gasteiger partial charge in [0.25, 0.3) is 11.8 Å². The number of hydrogen-bond donors (Lipinski definition) is 4. The Balaban J connectivity index is 2.48. The molecule has 0 fully saturated rings. The number of rotatable bonds is 8. The van der Waals surface area contributed by atoms with Crippen molar-refractivity contribution < 1.29 is 19.1 Å². The Morgan fingerprint density at radius 1 is 1.20 bits per heavy atom. The molecule has 0 aliphatic carbocycles. The molecule has 1 atom stereocenters. The SMILES string of the molecule is CSCC[C@@H](NC(N)=O)C(=O)NNC(=O)COc1c(C)cccc1C. The van der Waals surface area contributed by atoms with Crippen LogP contribution in [-0.4, -0.2) is 42.5 Å². The van der Waals surface area contributed by atoms with Gasteiger partial charge < -0.3 is 15.8 Å². The fourth-order valence-corrected chi connectivity index (χ4v) is 2.57. The summed E-state index contributed by atoms with van der Waals surface area (Å²) < 4.78 is 5.50. The van der Waals surface area contributed by atoms with Crippen LogP contribution in [0.4, 0.5) is 4.79 Å². The van der Waals surface area contributed by atoms with Gasteiger partial charge in [-0.25, -0.2) is 4.79 Å². The molecule has 0 aliphatic rings. The second-order valence-corrected chi connectivity index (χ2v) is 6.38. The van der Waals surface area contributed by atoms with Crippen LogP contribution in [-0.2, 0) is 9.59 Å². The van der Waals surface area contributed by atoms with Gasteiger partial charge in [0.1, 0.15) is 11.8 Å². The van der Waals surface area contributed by atoms with Crippen molar-refractivity contribution in [3.63, 3.8) is 0 Å². The van der Waals surface area contributed by atoms with Crippen LogP contribution >= 0.6 is 11.8 Å². The van der Waals surface area contributed by atoms with Gasteiger partial charge in [0.2, 0.25) is 0 Å². The van der Waals surface area contributed by atoms with Gasteiger partial charge in [-0.2, -0.15) is 11.8 Å². The number of hydrazine groups is 1. The van der Waals surface area contributed by atoms with Crippen molar-refractivity contribution in [2.75, 3.05) is 18.6 Å². The molecule has 4 amide bonds. The summed E-state index contributed by atoms with van der Waals surface area (Å²) in [5.74, 6) is 0.228. The van der Waals surface area contributed by atoms with E-state index in [-0.39, 0.29) is 6.61 Å². The van der Waals surface area contributed by atoms with Gasteiger partial charge in [0.15, 0.2) is 6.61 Å². The van der Waals surface area contributed by atoms with Crippen molar-refractivity contribution in [1.29, 1.82) is 0 Å². The molecule has 5 N–H and O–H groups in total. The van der Waals surface area contributed by atoms with E-state index in [0.29, 0.717) is 17.9 Å². The first-order chi connectivity index (χ1) is 11.8. The van der Waals surface area contributed by atoms with Gasteiger partial charge >= 0.3 is 6.03 Å². The number of ether oxygens (including phenoxy) is 1. The van der Waals surface area contributed by atoms with E-state index in [9.17, 15) is 14.4 Å². The summed E-state index contributed by atoms with van der Waals surface area (Å²) in [5, 5.41) is 2.34. The zero-order valence-corrected chi connectivity index (χ0v) is 15.4. The van der Waals surface area contributed by atoms with Gasteiger partial charge in [-0.1, -0.05) is 18.2 Å². The molecular formula is C16H24N4O4S. The van der Waals surface area contributed by atoms with Gasteiger partial charge in [-0.3, -0.25) is 20.4 Å². The van der Waals surface area contributed by atoms with E-state index in [1.165, 1.54) is 11.8 Å². The van der Waals surface area contributed by atoms with E-state index >= 15 is 0 Å². The van der Waals surface area contributed by atoms with Crippen LogP contribution in [0, 0.1) is 13.8 Å². The molecule has 0 saturated heterocycles. The third-order valence-electron chi connectivity index (χ3n) is 3.33. The molecule has 0 bridgehead atoms. The van der Waals surface area contributed by atoms with Crippen molar-refractivity contribution in [3.8, 4) is 5.75 Å². The Bertz CT molecular complexity index is 604. The van der Waals surface area contributed by atoms with Crippen LogP contribution in [0.5, 0.6) is 5.75 Å². The smallest absolute Gasteiger partial charge is 0.312 e. The number of nitrogens with one attached hydrogen (secondary N) is 3. The summed E-state index contributed by atoms with van der Waals surface area (Å²) in [7, 11) is 0. The molecule has 0 aliphatic heterocycles. The van der Waals surface area contributed by atoms with Crippen LogP contribution < -0.4 is 26.6 Å². The van der Waals surface area contributed by atoms with Crippen molar-refractivity contribution >= 4 is 29.6 Å². The zero-order chi connectivity index (χ0) is 18.8. The molecule has 1 aromatic rings. The molecule has 9 heteroatoms. The first-order valence-corrected chi connectivity index (χ1v) is 9.07. The molecular weight excluding hydrogens is 344 g/mol. The average molecular weight is 368 g/mol. The Hall–Kier alpha value is -2.42. The number of urea groups is 1. The molecule has 0 spiro atoms. The molecule has 8 nitrogen and oxygen atoms in total. The maximum Gasteiger partial charge on any atom is 0.312 e. The van der Waals surface area contributed by atoms with Crippen molar-refractivity contribution in [3.05, 3.63) is 29.3 Å². The number of para-hydroxylation sites is 1. The number of carbonyl (C=O) groups is 3. The van der Waals surface area contributed by atoms with Crippen LogP contribution in [0.1, 0.15) is 17.5 Å². The lowest BCUT2D eigenvalue weighted by molar-refractivity contribution is -0.130. The number of thioether (sulfide) groups is 1. The quantitative estimate of drug-likeness (QED) is 0.501. The lowest BCUT2D eigenvalue weighted by Crippen LogP contribution is -2.54. The largest absolute Gasteiger partial charge is 0.483 e. The van der Waals surface area contributed by atoms with Gasteiger partial charge in [0, 0.05) is 0 Å². The fraction of sp³-hybridized carbons (Fsp3) is 0.438. The van der Waals surface area contributed by atoms with E-state index in [2.05, 4.69) is 16.2 Å². The average Bonchev–Trinajstić information content (AvgIpc) is 2.55. The standard InChI is InChI=1S/C16H24N4O4S/c1-10-5-4-6-11(2)14(10)24-9-13(21)19-20-15(22)12(7-8-25-3)18-16(17)23/h4-6,12H,7-9H2,1-3H3,(H,19,21)(H,20,22)(H3,17,18,23)/t12-/m1/s1. The number of benzene rings is 1. The predicted molar refractivity (Wildman–Crippen MR) is 97.2 cm³/mol. The molecule has 0 radical (unpaired) electrons. The van der Waals surface area contributed by atoms with Gasteiger partial charge in [-0.05, 0) is 43.4 Å². The third-order valence-corrected chi connectivity index (χ3v) is 3.97. The minimum absolute atomic E-state index is 0.245. The van der Waals surface area contributed by atoms with E-state index in [0.717, 1.165) is 11.1 Å². The minimum Gasteiger partial charge on any atom is -0.483 e. The summed E-state index contributed by atoms with van der Waals surface area (Å²) in [6.07, 6.45) is 2.27. The molecule has 0 aromatic heterocycles. The zero-order valence-electron chi connectivity index (χ0n) is 14.5. The Morgan fingerprint density at radius 2 is 1.84 bits per heavy atom. The summed E-state index contributed by atoms with van der Waals surface area (Å²) in [6, 6.07) is 4.05. The van der Waals surface area contributed by atoms with E-state index in [4.69, 9.17) is 10.5 Å². The summed E-state index contributed by atoms with van der Waals surface area (Å²) in [6.45, 7) is 3.52. The van der Waals surface area contributed by atoms with Crippen LogP contribution in [0.2, 0.25) is 0 Å². The van der Waals surface area contributed by atoms with Crippen LogP contribution in [0.15, 0.2) is 18.2 Å². The molecule has 0 heterocycles. The summed E-state index contributed by atoms with van der Waals surface area (Å²) in [5.41, 5.74) is 11.4. The molecule has 138 valence electrons. The second-order valence-electron chi connectivity index (χ2n) is 5.39. The van der Waals surface area contributed by atoms with E-state index in [1.807, 2.05) is 38.3 Å². The highest BCUT2D eigenvalue weighted by molar-refractivity contribution is 7.98. The highest BCUT2D eigenvalue weighted by Crippen LogP contribution is 2.21. The van der Waals surface area contributed by atoms with Crippen molar-refractivity contribution in [1.82, 2.24) is 16.2 Å². The van der Waals surface area contributed by atoms with Gasteiger partial charge in [0.05, 0.1) is 0 Å². The molecule has 25 heavy (non-hydrogen) atoms. The lowest BCUT2D eigenvalue weighted by Gasteiger charge is -2.17. The second kappa shape index (κ2) is 10.4. The highest BCUT2D eigenvalue weighted by Gasteiger charge is 2.20.